The number of anilines is 1. The van der Waals surface area contributed by atoms with Gasteiger partial charge < -0.3 is 15.1 Å². The van der Waals surface area contributed by atoms with Crippen LogP contribution >= 0.6 is 11.6 Å². The molecule has 2 N–H and O–H groups in total. The molecule has 0 bridgehead atoms. The first kappa shape index (κ1) is 22.4. The van der Waals surface area contributed by atoms with Crippen LogP contribution in [0.2, 0.25) is 5.02 Å². The van der Waals surface area contributed by atoms with Gasteiger partial charge in [-0.15, -0.1) is 0 Å². The van der Waals surface area contributed by atoms with E-state index in [0.717, 1.165) is 4.68 Å². The summed E-state index contributed by atoms with van der Waals surface area (Å²) in [6, 6.07) is 3.35. The smallest absolute Gasteiger partial charge is 0.436 e. The number of nitrogens with one attached hydrogen (secondary N) is 2. The highest BCUT2D eigenvalue weighted by atomic mass is 35.5. The van der Waals surface area contributed by atoms with Gasteiger partial charge in [-0.2, -0.15) is 23.4 Å². The van der Waals surface area contributed by atoms with Gasteiger partial charge in [0, 0.05) is 12.7 Å². The van der Waals surface area contributed by atoms with E-state index in [1.807, 2.05) is 0 Å². The highest BCUT2D eigenvalue weighted by Crippen LogP contribution is 2.35. The first-order valence-electron chi connectivity index (χ1n) is 9.08. The zero-order valence-electron chi connectivity index (χ0n) is 16.5. The molecule has 13 heteroatoms. The SMILES string of the molecule is CCn1cc(NC(=O)Cn2nc(C(F)(F)F)c(Cl)c2C)c(C(=O)NCc2ccco2)n1. The fourth-order valence-corrected chi connectivity index (χ4v) is 2.93. The van der Waals surface area contributed by atoms with Gasteiger partial charge in [0.1, 0.15) is 12.3 Å². The number of furan rings is 1. The zero-order chi connectivity index (χ0) is 22.8. The Balaban J connectivity index is 1.74. The van der Waals surface area contributed by atoms with Crippen molar-refractivity contribution in [3.8, 4) is 0 Å². The normalized spacial score (nSPS) is 11.5. The van der Waals surface area contributed by atoms with Crippen LogP contribution in [0.1, 0.15) is 34.6 Å². The standard InChI is InChI=1S/C18H18ClF3N6O3/c1-3-27-8-12(15(25-27)17(30)23-7-11-5-4-6-31-11)24-13(29)9-28-10(2)14(19)16(26-28)18(20,21)22/h4-6,8H,3,7,9H2,1-2H3,(H,23,30)(H,24,29). The quantitative estimate of drug-likeness (QED) is 0.565. The molecule has 0 aliphatic heterocycles. The molecule has 0 unspecified atom stereocenters. The van der Waals surface area contributed by atoms with Crippen LogP contribution in [0.3, 0.4) is 0 Å². The van der Waals surface area contributed by atoms with Gasteiger partial charge in [-0.25, -0.2) is 0 Å². The van der Waals surface area contributed by atoms with Crippen molar-refractivity contribution in [2.24, 2.45) is 0 Å². The van der Waals surface area contributed by atoms with Crippen molar-refractivity contribution in [2.45, 2.75) is 39.7 Å². The largest absolute Gasteiger partial charge is 0.467 e. The summed E-state index contributed by atoms with van der Waals surface area (Å²) in [5.41, 5.74) is -1.22. The Bertz CT molecular complexity index is 1090. The molecule has 9 nitrogen and oxygen atoms in total. The average molecular weight is 459 g/mol. The number of alkyl halides is 3. The van der Waals surface area contributed by atoms with Crippen molar-refractivity contribution < 1.29 is 27.2 Å². The number of hydrogen-bond donors (Lipinski definition) is 2. The third kappa shape index (κ3) is 5.08. The molecule has 3 aromatic rings. The van der Waals surface area contributed by atoms with E-state index in [9.17, 15) is 22.8 Å². The van der Waals surface area contributed by atoms with E-state index in [-0.39, 0.29) is 23.6 Å². The number of nitrogens with zero attached hydrogens (tertiary/aromatic N) is 4. The first-order chi connectivity index (χ1) is 14.6. The van der Waals surface area contributed by atoms with Crippen LogP contribution in [0.15, 0.2) is 29.0 Å². The molecule has 0 spiro atoms. The third-order valence-electron chi connectivity index (χ3n) is 4.27. The summed E-state index contributed by atoms with van der Waals surface area (Å²) in [5, 5.41) is 12.0. The monoisotopic (exact) mass is 458 g/mol. The van der Waals surface area contributed by atoms with E-state index in [2.05, 4.69) is 20.8 Å². The molecular weight excluding hydrogens is 441 g/mol. The maximum Gasteiger partial charge on any atom is 0.436 e. The summed E-state index contributed by atoms with van der Waals surface area (Å²) in [5.74, 6) is -0.733. The molecule has 0 aliphatic carbocycles. The molecule has 0 aliphatic rings. The molecule has 0 fully saturated rings. The molecule has 0 aromatic carbocycles. The molecule has 0 radical (unpaired) electrons. The summed E-state index contributed by atoms with van der Waals surface area (Å²) < 4.78 is 46.3. The number of amides is 2. The second-order valence-corrected chi connectivity index (χ2v) is 6.84. The van der Waals surface area contributed by atoms with Gasteiger partial charge in [0.25, 0.3) is 5.91 Å². The summed E-state index contributed by atoms with van der Waals surface area (Å²) in [6.45, 7) is 3.12. The predicted molar refractivity (Wildman–Crippen MR) is 103 cm³/mol. The number of carbonyl (C=O) groups is 2. The topological polar surface area (TPSA) is 107 Å². The zero-order valence-corrected chi connectivity index (χ0v) is 17.2. The minimum Gasteiger partial charge on any atom is -0.467 e. The van der Waals surface area contributed by atoms with E-state index in [1.165, 1.54) is 24.1 Å². The van der Waals surface area contributed by atoms with Gasteiger partial charge in [-0.1, -0.05) is 11.6 Å². The van der Waals surface area contributed by atoms with Crippen LogP contribution in [0.5, 0.6) is 0 Å². The highest BCUT2D eigenvalue weighted by Gasteiger charge is 2.38. The number of aryl methyl sites for hydroxylation is 1. The Morgan fingerprint density at radius 3 is 2.61 bits per heavy atom. The van der Waals surface area contributed by atoms with Crippen molar-refractivity contribution in [2.75, 3.05) is 5.32 Å². The van der Waals surface area contributed by atoms with Gasteiger partial charge >= 0.3 is 6.18 Å². The van der Waals surface area contributed by atoms with E-state index in [0.29, 0.717) is 12.3 Å². The fraction of sp³-hybridized carbons (Fsp3) is 0.333. The molecule has 166 valence electrons. The maximum atomic E-state index is 13.0. The molecule has 0 saturated carbocycles. The van der Waals surface area contributed by atoms with Crippen LogP contribution in [-0.2, 0) is 30.6 Å². The molecule has 31 heavy (non-hydrogen) atoms. The number of aromatic nitrogens is 4. The van der Waals surface area contributed by atoms with Gasteiger partial charge in [0.15, 0.2) is 11.4 Å². The minimum absolute atomic E-state index is 0.00944. The Morgan fingerprint density at radius 1 is 1.29 bits per heavy atom. The van der Waals surface area contributed by atoms with Gasteiger partial charge in [-0.3, -0.25) is 19.0 Å². The lowest BCUT2D eigenvalue weighted by Gasteiger charge is -2.07. The maximum absolute atomic E-state index is 13.0. The van der Waals surface area contributed by atoms with E-state index >= 15 is 0 Å². The molecule has 0 atom stereocenters. The lowest BCUT2D eigenvalue weighted by molar-refractivity contribution is -0.141. The molecular formula is C18H18ClF3N6O3. The average Bonchev–Trinajstić information content (AvgIpc) is 3.42. The molecule has 3 aromatic heterocycles. The Kier molecular flexibility index (Phi) is 6.39. The highest BCUT2D eigenvalue weighted by molar-refractivity contribution is 6.32. The first-order valence-corrected chi connectivity index (χ1v) is 9.46. The summed E-state index contributed by atoms with van der Waals surface area (Å²) >= 11 is 5.70. The van der Waals surface area contributed by atoms with Crippen LogP contribution < -0.4 is 10.6 Å². The van der Waals surface area contributed by atoms with Crippen molar-refractivity contribution in [1.82, 2.24) is 24.9 Å². The number of hydrogen-bond acceptors (Lipinski definition) is 5. The van der Waals surface area contributed by atoms with Crippen LogP contribution in [0, 0.1) is 6.92 Å². The van der Waals surface area contributed by atoms with Crippen molar-refractivity contribution in [3.63, 3.8) is 0 Å². The molecule has 0 saturated heterocycles. The summed E-state index contributed by atoms with van der Waals surface area (Å²) in [7, 11) is 0. The van der Waals surface area contributed by atoms with Crippen molar-refractivity contribution in [1.29, 1.82) is 0 Å². The van der Waals surface area contributed by atoms with Gasteiger partial charge in [0.2, 0.25) is 5.91 Å². The van der Waals surface area contributed by atoms with E-state index in [1.54, 1.807) is 19.1 Å². The van der Waals surface area contributed by atoms with E-state index < -0.39 is 35.3 Å². The van der Waals surface area contributed by atoms with Crippen molar-refractivity contribution >= 4 is 29.1 Å². The van der Waals surface area contributed by atoms with Gasteiger partial charge in [0.05, 0.1) is 29.2 Å². The van der Waals surface area contributed by atoms with Gasteiger partial charge in [-0.05, 0) is 26.0 Å². The fourth-order valence-electron chi connectivity index (χ4n) is 2.69. The number of rotatable bonds is 7. The lowest BCUT2D eigenvalue weighted by Crippen LogP contribution is -2.26. The Hall–Kier alpha value is -3.28. The summed E-state index contributed by atoms with van der Waals surface area (Å²) in [4.78, 5) is 24.9. The Morgan fingerprint density at radius 2 is 2.03 bits per heavy atom. The van der Waals surface area contributed by atoms with E-state index in [4.69, 9.17) is 16.0 Å². The Labute approximate surface area is 179 Å². The van der Waals surface area contributed by atoms with Crippen molar-refractivity contribution in [3.05, 3.63) is 52.5 Å². The third-order valence-corrected chi connectivity index (χ3v) is 4.73. The van der Waals surface area contributed by atoms with Crippen LogP contribution in [-0.4, -0.2) is 31.4 Å². The number of carbonyl (C=O) groups excluding carboxylic acids is 2. The lowest BCUT2D eigenvalue weighted by atomic mass is 10.3. The van der Waals surface area contributed by atoms with Crippen LogP contribution in [0.4, 0.5) is 18.9 Å². The van der Waals surface area contributed by atoms with Crippen LogP contribution in [0.25, 0.3) is 0 Å². The predicted octanol–water partition coefficient (Wildman–Crippen LogP) is 3.24. The second kappa shape index (κ2) is 8.84. The summed E-state index contributed by atoms with van der Waals surface area (Å²) in [6.07, 6.45) is -1.83. The molecule has 3 heterocycles. The second-order valence-electron chi connectivity index (χ2n) is 6.46. The molecule has 3 rings (SSSR count). The number of halogens is 4. The molecule has 2 amide bonds. The minimum atomic E-state index is -4.74.